The summed E-state index contributed by atoms with van der Waals surface area (Å²) >= 11 is 5.97. The molecule has 130 valence electrons. The minimum atomic E-state index is -0.838. The maximum atomic E-state index is 12.5. The van der Waals surface area contributed by atoms with Crippen LogP contribution in [0.2, 0.25) is 5.02 Å². The summed E-state index contributed by atoms with van der Waals surface area (Å²) in [5, 5.41) is 18.5. The van der Waals surface area contributed by atoms with E-state index in [1.807, 2.05) is 12.1 Å². The lowest BCUT2D eigenvalue weighted by atomic mass is 10.0. The average molecular weight is 360 g/mol. The Labute approximate surface area is 150 Å². The molecule has 0 aliphatic heterocycles. The van der Waals surface area contributed by atoms with Gasteiger partial charge in [-0.2, -0.15) is 10.4 Å². The highest BCUT2D eigenvalue weighted by atomic mass is 35.5. The number of benzene rings is 1. The van der Waals surface area contributed by atoms with Crippen LogP contribution in [0.4, 0.5) is 0 Å². The van der Waals surface area contributed by atoms with E-state index in [4.69, 9.17) is 16.9 Å². The van der Waals surface area contributed by atoms with E-state index in [-0.39, 0.29) is 13.0 Å². The van der Waals surface area contributed by atoms with Crippen LogP contribution in [0.5, 0.6) is 0 Å². The van der Waals surface area contributed by atoms with Crippen LogP contribution in [0, 0.1) is 18.3 Å². The van der Waals surface area contributed by atoms with Crippen LogP contribution in [0.15, 0.2) is 30.3 Å². The molecule has 8 heteroatoms. The number of nitrogens with one attached hydrogen (secondary N) is 2. The molecule has 2 amide bonds. The third-order valence-corrected chi connectivity index (χ3v) is 3.76. The van der Waals surface area contributed by atoms with Crippen molar-refractivity contribution in [2.24, 2.45) is 7.05 Å². The molecule has 0 saturated heterocycles. The molecule has 0 fully saturated rings. The van der Waals surface area contributed by atoms with Crippen molar-refractivity contribution in [1.29, 1.82) is 5.26 Å². The lowest BCUT2D eigenvalue weighted by Gasteiger charge is -2.18. The summed E-state index contributed by atoms with van der Waals surface area (Å²) < 4.78 is 1.45. The van der Waals surface area contributed by atoms with Gasteiger partial charge >= 0.3 is 0 Å². The van der Waals surface area contributed by atoms with E-state index in [9.17, 15) is 9.59 Å². The molecule has 1 aromatic carbocycles. The fourth-order valence-electron chi connectivity index (χ4n) is 2.41. The highest BCUT2D eigenvalue weighted by Crippen LogP contribution is 2.13. The number of halogens is 1. The molecule has 1 atom stereocenters. The Morgan fingerprint density at radius 2 is 2.16 bits per heavy atom. The number of aromatic nitrogens is 2. The van der Waals surface area contributed by atoms with Gasteiger partial charge in [-0.1, -0.05) is 23.7 Å². The van der Waals surface area contributed by atoms with Crippen molar-refractivity contribution in [3.05, 3.63) is 52.3 Å². The lowest BCUT2D eigenvalue weighted by molar-refractivity contribution is -0.122. The summed E-state index contributed by atoms with van der Waals surface area (Å²) in [6, 6.07) is 9.69. The first-order valence-electron chi connectivity index (χ1n) is 7.61. The van der Waals surface area contributed by atoms with Crippen LogP contribution in [0.25, 0.3) is 0 Å². The molecule has 1 heterocycles. The zero-order valence-corrected chi connectivity index (χ0v) is 14.7. The number of rotatable bonds is 6. The van der Waals surface area contributed by atoms with E-state index in [0.29, 0.717) is 16.4 Å². The number of hydrogen-bond donors (Lipinski definition) is 2. The van der Waals surface area contributed by atoms with E-state index in [1.54, 1.807) is 38.2 Å². The second-order valence-corrected chi connectivity index (χ2v) is 5.97. The number of aryl methyl sites for hydroxylation is 2. The van der Waals surface area contributed by atoms with Gasteiger partial charge in [0.05, 0.1) is 11.8 Å². The molecule has 0 unspecified atom stereocenters. The first kappa shape index (κ1) is 18.5. The van der Waals surface area contributed by atoms with Crippen LogP contribution < -0.4 is 10.6 Å². The quantitative estimate of drug-likeness (QED) is 0.760. The van der Waals surface area contributed by atoms with Crippen LogP contribution in [-0.2, 0) is 18.3 Å². The zero-order chi connectivity index (χ0) is 18.4. The van der Waals surface area contributed by atoms with Crippen molar-refractivity contribution in [1.82, 2.24) is 20.4 Å². The molecule has 2 aromatic rings. The summed E-state index contributed by atoms with van der Waals surface area (Å²) in [5.41, 5.74) is 1.85. The Balaban J connectivity index is 2.19. The van der Waals surface area contributed by atoms with Crippen LogP contribution in [0.3, 0.4) is 0 Å². The molecule has 2 N–H and O–H groups in total. The van der Waals surface area contributed by atoms with E-state index in [0.717, 1.165) is 5.56 Å². The Bertz CT molecular complexity index is 825. The normalized spacial score (nSPS) is 11.4. The van der Waals surface area contributed by atoms with E-state index in [1.165, 1.54) is 4.68 Å². The fraction of sp³-hybridized carbons (Fsp3) is 0.294. The second-order valence-electron chi connectivity index (χ2n) is 5.53. The summed E-state index contributed by atoms with van der Waals surface area (Å²) in [5.74, 6) is -0.851. The molecule has 0 aliphatic rings. The Kier molecular flexibility index (Phi) is 6.14. The predicted octanol–water partition coefficient (Wildman–Crippen LogP) is 1.36. The molecular formula is C17H18ClN5O2. The van der Waals surface area contributed by atoms with Gasteiger partial charge in [-0.3, -0.25) is 14.3 Å². The van der Waals surface area contributed by atoms with Crippen molar-refractivity contribution in [2.75, 3.05) is 6.54 Å². The first-order chi connectivity index (χ1) is 11.9. The summed E-state index contributed by atoms with van der Waals surface area (Å²) in [6.45, 7) is 1.64. The molecule has 2 rings (SSSR count). The van der Waals surface area contributed by atoms with Crippen LogP contribution in [-0.4, -0.2) is 34.2 Å². The van der Waals surface area contributed by atoms with Gasteiger partial charge in [0, 0.05) is 18.5 Å². The molecule has 0 spiro atoms. The number of nitriles is 1. The molecule has 0 bridgehead atoms. The monoisotopic (exact) mass is 359 g/mol. The molecule has 0 saturated carbocycles. The second kappa shape index (κ2) is 8.31. The summed E-state index contributed by atoms with van der Waals surface area (Å²) in [4.78, 5) is 24.8. The van der Waals surface area contributed by atoms with Gasteiger partial charge in [0.25, 0.3) is 5.91 Å². The predicted molar refractivity (Wildman–Crippen MR) is 93.0 cm³/mol. The number of nitrogens with zero attached hydrogens (tertiary/aromatic N) is 3. The van der Waals surface area contributed by atoms with E-state index < -0.39 is 17.9 Å². The zero-order valence-electron chi connectivity index (χ0n) is 13.9. The van der Waals surface area contributed by atoms with Gasteiger partial charge in [-0.25, -0.2) is 0 Å². The molecule has 1 aromatic heterocycles. The van der Waals surface area contributed by atoms with Gasteiger partial charge in [0.1, 0.15) is 18.3 Å². The van der Waals surface area contributed by atoms with Gasteiger partial charge in [0.2, 0.25) is 5.91 Å². The van der Waals surface area contributed by atoms with Crippen molar-refractivity contribution in [3.63, 3.8) is 0 Å². The van der Waals surface area contributed by atoms with Crippen molar-refractivity contribution in [2.45, 2.75) is 19.4 Å². The summed E-state index contributed by atoms with van der Waals surface area (Å²) in [7, 11) is 1.66. The van der Waals surface area contributed by atoms with Gasteiger partial charge < -0.3 is 10.6 Å². The number of hydrogen-bond acceptors (Lipinski definition) is 4. The van der Waals surface area contributed by atoms with Gasteiger partial charge in [0.15, 0.2) is 0 Å². The van der Waals surface area contributed by atoms with Crippen LogP contribution >= 0.6 is 11.6 Å². The minimum Gasteiger partial charge on any atom is -0.341 e. The van der Waals surface area contributed by atoms with Crippen LogP contribution in [0.1, 0.15) is 21.7 Å². The fourth-order valence-corrected chi connectivity index (χ4v) is 2.63. The van der Waals surface area contributed by atoms with E-state index in [2.05, 4.69) is 15.7 Å². The minimum absolute atomic E-state index is 0.133. The molecular weight excluding hydrogens is 342 g/mol. The number of carbonyl (C=O) groups is 2. The van der Waals surface area contributed by atoms with Gasteiger partial charge in [-0.15, -0.1) is 0 Å². The SMILES string of the molecule is Cc1cc(C(=O)N[C@@H](Cc2cccc(Cl)c2)C(=O)NCC#N)n(C)n1. The maximum Gasteiger partial charge on any atom is 0.270 e. The third-order valence-electron chi connectivity index (χ3n) is 3.53. The Morgan fingerprint density at radius 3 is 2.76 bits per heavy atom. The Hall–Kier alpha value is -2.85. The van der Waals surface area contributed by atoms with E-state index >= 15 is 0 Å². The van der Waals surface area contributed by atoms with Crippen molar-refractivity contribution >= 4 is 23.4 Å². The largest absolute Gasteiger partial charge is 0.341 e. The Morgan fingerprint density at radius 1 is 1.40 bits per heavy atom. The highest BCUT2D eigenvalue weighted by Gasteiger charge is 2.23. The van der Waals surface area contributed by atoms with Crippen molar-refractivity contribution < 1.29 is 9.59 Å². The third kappa shape index (κ3) is 5.06. The molecule has 0 radical (unpaired) electrons. The maximum absolute atomic E-state index is 12.5. The van der Waals surface area contributed by atoms with Crippen molar-refractivity contribution in [3.8, 4) is 6.07 Å². The number of amides is 2. The highest BCUT2D eigenvalue weighted by molar-refractivity contribution is 6.30. The lowest BCUT2D eigenvalue weighted by Crippen LogP contribution is -2.48. The van der Waals surface area contributed by atoms with Gasteiger partial charge in [-0.05, 0) is 30.7 Å². The number of carbonyl (C=O) groups excluding carboxylic acids is 2. The topological polar surface area (TPSA) is 99.8 Å². The first-order valence-corrected chi connectivity index (χ1v) is 7.99. The smallest absolute Gasteiger partial charge is 0.270 e. The molecule has 0 aliphatic carbocycles. The molecule has 25 heavy (non-hydrogen) atoms. The standard InChI is InChI=1S/C17H18ClN5O2/c1-11-8-15(23(2)22-11)17(25)21-14(16(24)20-7-6-19)10-12-4-3-5-13(18)9-12/h3-5,8-9,14H,7,10H2,1-2H3,(H,20,24)(H,21,25)/t14-/m0/s1. The average Bonchev–Trinajstić information content (AvgIpc) is 2.90. The summed E-state index contributed by atoms with van der Waals surface area (Å²) in [6.07, 6.45) is 0.250. The molecule has 7 nitrogen and oxygen atoms in total.